The molecule has 1 unspecified atom stereocenters. The van der Waals surface area contributed by atoms with Gasteiger partial charge in [0.15, 0.2) is 0 Å². The van der Waals surface area contributed by atoms with Gasteiger partial charge in [-0.3, -0.25) is 0 Å². The molecule has 0 aliphatic rings. The third-order valence-electron chi connectivity index (χ3n) is 3.16. The lowest BCUT2D eigenvalue weighted by Gasteiger charge is -2.12. The Kier molecular flexibility index (Phi) is 5.02. The van der Waals surface area contributed by atoms with Crippen LogP contribution < -0.4 is 9.47 Å². The Morgan fingerprint density at radius 2 is 1.55 bits per heavy atom. The zero-order valence-corrected chi connectivity index (χ0v) is 11.9. The second kappa shape index (κ2) is 6.96. The van der Waals surface area contributed by atoms with Crippen LogP contribution in [-0.2, 0) is 6.42 Å². The van der Waals surface area contributed by atoms with Crippen LogP contribution in [0.5, 0.6) is 11.5 Å². The van der Waals surface area contributed by atoms with Gasteiger partial charge in [0.05, 0.1) is 19.8 Å². The molecule has 0 radical (unpaired) electrons. The minimum absolute atomic E-state index is 0.515. The lowest BCUT2D eigenvalue weighted by atomic mass is 10.0. The number of rotatable bonds is 6. The number of methoxy groups -OCH3 is 1. The van der Waals surface area contributed by atoms with Crippen molar-refractivity contribution >= 4 is 0 Å². The van der Waals surface area contributed by atoms with Crippen molar-refractivity contribution in [1.29, 1.82) is 0 Å². The van der Waals surface area contributed by atoms with Crippen molar-refractivity contribution < 1.29 is 14.6 Å². The Morgan fingerprint density at radius 3 is 2.10 bits per heavy atom. The smallest absolute Gasteiger partial charge is 0.119 e. The van der Waals surface area contributed by atoms with Crippen LogP contribution in [0.15, 0.2) is 48.5 Å². The Bertz CT molecular complexity index is 517. The van der Waals surface area contributed by atoms with E-state index in [4.69, 9.17) is 9.47 Å². The van der Waals surface area contributed by atoms with Gasteiger partial charge in [-0.15, -0.1) is 0 Å². The summed E-state index contributed by atoms with van der Waals surface area (Å²) in [6, 6.07) is 15.3. The number of benzene rings is 2. The van der Waals surface area contributed by atoms with Gasteiger partial charge in [0, 0.05) is 6.42 Å². The summed E-state index contributed by atoms with van der Waals surface area (Å²) in [4.78, 5) is 0. The molecule has 0 aliphatic carbocycles. The average molecular weight is 272 g/mol. The molecule has 1 N–H and O–H groups in total. The van der Waals surface area contributed by atoms with Crippen molar-refractivity contribution in [2.24, 2.45) is 0 Å². The SMILES string of the molecule is CCOc1ccc(C(O)Cc2ccc(OC)cc2)cc1. The van der Waals surface area contributed by atoms with Gasteiger partial charge in [-0.05, 0) is 42.3 Å². The van der Waals surface area contributed by atoms with Gasteiger partial charge in [-0.1, -0.05) is 24.3 Å². The van der Waals surface area contributed by atoms with E-state index in [1.165, 1.54) is 0 Å². The van der Waals surface area contributed by atoms with E-state index in [1.54, 1.807) is 7.11 Å². The summed E-state index contributed by atoms with van der Waals surface area (Å²) in [5.41, 5.74) is 1.97. The van der Waals surface area contributed by atoms with Crippen LogP contribution in [0.1, 0.15) is 24.2 Å². The minimum Gasteiger partial charge on any atom is -0.497 e. The van der Waals surface area contributed by atoms with Crippen molar-refractivity contribution in [3.8, 4) is 11.5 Å². The standard InChI is InChI=1S/C17H20O3/c1-3-20-16-10-6-14(7-11-16)17(18)12-13-4-8-15(19-2)9-5-13/h4-11,17-18H,3,12H2,1-2H3. The summed E-state index contributed by atoms with van der Waals surface area (Å²) in [6.45, 7) is 2.60. The number of hydrogen-bond donors (Lipinski definition) is 1. The van der Waals surface area contributed by atoms with Crippen LogP contribution >= 0.6 is 0 Å². The molecule has 0 saturated carbocycles. The van der Waals surface area contributed by atoms with Gasteiger partial charge < -0.3 is 14.6 Å². The van der Waals surface area contributed by atoms with Gasteiger partial charge in [0.1, 0.15) is 11.5 Å². The Morgan fingerprint density at radius 1 is 0.950 bits per heavy atom. The first-order valence-corrected chi connectivity index (χ1v) is 6.76. The Balaban J connectivity index is 2.01. The zero-order chi connectivity index (χ0) is 14.4. The molecule has 2 rings (SSSR count). The van der Waals surface area contributed by atoms with E-state index in [1.807, 2.05) is 55.5 Å². The predicted octanol–water partition coefficient (Wildman–Crippen LogP) is 3.37. The lowest BCUT2D eigenvalue weighted by molar-refractivity contribution is 0.178. The van der Waals surface area contributed by atoms with Gasteiger partial charge in [-0.2, -0.15) is 0 Å². The highest BCUT2D eigenvalue weighted by Gasteiger charge is 2.09. The fourth-order valence-corrected chi connectivity index (χ4v) is 2.06. The minimum atomic E-state index is -0.515. The molecule has 0 saturated heterocycles. The molecule has 0 amide bonds. The molecular formula is C17H20O3. The van der Waals surface area contributed by atoms with E-state index in [0.717, 1.165) is 22.6 Å². The molecule has 3 nitrogen and oxygen atoms in total. The lowest BCUT2D eigenvalue weighted by Crippen LogP contribution is -2.02. The summed E-state index contributed by atoms with van der Waals surface area (Å²) >= 11 is 0. The molecule has 1 atom stereocenters. The fourth-order valence-electron chi connectivity index (χ4n) is 2.06. The fraction of sp³-hybridized carbons (Fsp3) is 0.294. The van der Waals surface area contributed by atoms with Crippen molar-refractivity contribution in [1.82, 2.24) is 0 Å². The van der Waals surface area contributed by atoms with E-state index < -0.39 is 6.10 Å². The van der Waals surface area contributed by atoms with E-state index >= 15 is 0 Å². The summed E-state index contributed by atoms with van der Waals surface area (Å²) < 4.78 is 10.5. The molecule has 0 spiro atoms. The highest BCUT2D eigenvalue weighted by atomic mass is 16.5. The van der Waals surface area contributed by atoms with E-state index in [-0.39, 0.29) is 0 Å². The monoisotopic (exact) mass is 272 g/mol. The maximum Gasteiger partial charge on any atom is 0.119 e. The average Bonchev–Trinajstić information content (AvgIpc) is 2.49. The first-order valence-electron chi connectivity index (χ1n) is 6.76. The summed E-state index contributed by atoms with van der Waals surface area (Å²) in [5.74, 6) is 1.65. The zero-order valence-electron chi connectivity index (χ0n) is 11.9. The van der Waals surface area contributed by atoms with Crippen LogP contribution in [0, 0.1) is 0 Å². The highest BCUT2D eigenvalue weighted by molar-refractivity contribution is 5.31. The molecule has 0 bridgehead atoms. The van der Waals surface area contributed by atoms with Crippen LogP contribution in [0.2, 0.25) is 0 Å². The van der Waals surface area contributed by atoms with E-state index in [0.29, 0.717) is 13.0 Å². The largest absolute Gasteiger partial charge is 0.497 e. The van der Waals surface area contributed by atoms with Crippen molar-refractivity contribution in [3.05, 3.63) is 59.7 Å². The van der Waals surface area contributed by atoms with Gasteiger partial charge in [-0.25, -0.2) is 0 Å². The highest BCUT2D eigenvalue weighted by Crippen LogP contribution is 2.22. The third kappa shape index (κ3) is 3.75. The van der Waals surface area contributed by atoms with Crippen LogP contribution in [-0.4, -0.2) is 18.8 Å². The topological polar surface area (TPSA) is 38.7 Å². The van der Waals surface area contributed by atoms with Crippen molar-refractivity contribution in [2.45, 2.75) is 19.4 Å². The normalized spacial score (nSPS) is 11.9. The Labute approximate surface area is 119 Å². The summed E-state index contributed by atoms with van der Waals surface area (Å²) in [5, 5.41) is 10.2. The predicted molar refractivity (Wildman–Crippen MR) is 79.3 cm³/mol. The molecule has 20 heavy (non-hydrogen) atoms. The molecule has 0 aromatic heterocycles. The van der Waals surface area contributed by atoms with E-state index in [9.17, 15) is 5.11 Å². The van der Waals surface area contributed by atoms with Crippen LogP contribution in [0.25, 0.3) is 0 Å². The molecule has 2 aromatic carbocycles. The number of hydrogen-bond acceptors (Lipinski definition) is 3. The maximum atomic E-state index is 10.2. The van der Waals surface area contributed by atoms with Gasteiger partial charge in [0.25, 0.3) is 0 Å². The van der Waals surface area contributed by atoms with Crippen molar-refractivity contribution in [2.75, 3.05) is 13.7 Å². The second-order valence-corrected chi connectivity index (χ2v) is 4.57. The van der Waals surface area contributed by atoms with Crippen LogP contribution in [0.4, 0.5) is 0 Å². The quantitative estimate of drug-likeness (QED) is 0.876. The summed E-state index contributed by atoms with van der Waals surface area (Å²) in [7, 11) is 1.64. The van der Waals surface area contributed by atoms with Gasteiger partial charge in [0.2, 0.25) is 0 Å². The van der Waals surface area contributed by atoms with E-state index in [2.05, 4.69) is 0 Å². The first kappa shape index (κ1) is 14.4. The molecule has 3 heteroatoms. The molecular weight excluding hydrogens is 252 g/mol. The van der Waals surface area contributed by atoms with Gasteiger partial charge >= 0.3 is 0 Å². The second-order valence-electron chi connectivity index (χ2n) is 4.57. The number of ether oxygens (including phenoxy) is 2. The first-order chi connectivity index (χ1) is 9.72. The third-order valence-corrected chi connectivity index (χ3v) is 3.16. The Hall–Kier alpha value is -2.00. The van der Waals surface area contributed by atoms with Crippen molar-refractivity contribution in [3.63, 3.8) is 0 Å². The van der Waals surface area contributed by atoms with Crippen LogP contribution in [0.3, 0.4) is 0 Å². The maximum absolute atomic E-state index is 10.2. The summed E-state index contributed by atoms with van der Waals surface area (Å²) in [6.07, 6.45) is 0.0666. The number of aliphatic hydroxyl groups excluding tert-OH is 1. The molecule has 106 valence electrons. The molecule has 0 aliphatic heterocycles. The molecule has 0 heterocycles. The molecule has 2 aromatic rings. The number of aliphatic hydroxyl groups is 1. The molecule has 0 fully saturated rings.